The summed E-state index contributed by atoms with van der Waals surface area (Å²) in [6.45, 7) is 12.8. The van der Waals surface area contributed by atoms with Gasteiger partial charge in [0.2, 0.25) is 0 Å². The zero-order valence-electron chi connectivity index (χ0n) is 23.0. The molecule has 1 heterocycles. The van der Waals surface area contributed by atoms with Crippen molar-refractivity contribution in [1.82, 2.24) is 5.32 Å². The van der Waals surface area contributed by atoms with Crippen LogP contribution in [0.2, 0.25) is 0 Å². The van der Waals surface area contributed by atoms with E-state index in [1.807, 2.05) is 37.4 Å². The Balaban J connectivity index is 2.60. The monoisotopic (exact) mass is 548 g/mol. The van der Waals surface area contributed by atoms with Crippen molar-refractivity contribution in [2.24, 2.45) is 11.8 Å². The van der Waals surface area contributed by atoms with Crippen molar-refractivity contribution in [3.63, 3.8) is 0 Å². The van der Waals surface area contributed by atoms with Crippen LogP contribution in [0.1, 0.15) is 83.6 Å². The Hall–Kier alpha value is -2.16. The van der Waals surface area contributed by atoms with Crippen LogP contribution in [0.15, 0.2) is 51.9 Å². The summed E-state index contributed by atoms with van der Waals surface area (Å²) >= 11 is -0.638. The molecule has 0 aliphatic carbocycles. The number of benzene rings is 1. The van der Waals surface area contributed by atoms with Crippen LogP contribution in [0.25, 0.3) is 0 Å². The molecule has 0 radical (unpaired) electrons. The van der Waals surface area contributed by atoms with Crippen molar-refractivity contribution in [3.8, 4) is 0 Å². The molecular weight excluding hydrogens is 504 g/mol. The molecule has 0 bridgehead atoms. The molecular formula is C29H44N2O4S2. The van der Waals surface area contributed by atoms with Crippen molar-refractivity contribution in [3.05, 3.63) is 57.5 Å². The van der Waals surface area contributed by atoms with Crippen LogP contribution in [-0.4, -0.2) is 32.4 Å². The minimum absolute atomic E-state index is 0.0619. The van der Waals surface area contributed by atoms with Crippen LogP contribution in [-0.2, 0) is 22.3 Å². The normalized spacial score (nSPS) is 14.8. The van der Waals surface area contributed by atoms with Gasteiger partial charge in [-0.25, -0.2) is 4.21 Å². The first-order valence-corrected chi connectivity index (χ1v) is 15.3. The van der Waals surface area contributed by atoms with Gasteiger partial charge in [0.1, 0.15) is 5.76 Å². The van der Waals surface area contributed by atoms with E-state index >= 15 is 0 Å². The van der Waals surface area contributed by atoms with Crippen LogP contribution in [0.3, 0.4) is 0 Å². The minimum Gasteiger partial charge on any atom is -0.511 e. The number of amides is 1. The van der Waals surface area contributed by atoms with Crippen LogP contribution < -0.4 is 10.6 Å². The highest BCUT2D eigenvalue weighted by atomic mass is 32.2. The van der Waals surface area contributed by atoms with E-state index in [0.29, 0.717) is 24.6 Å². The van der Waals surface area contributed by atoms with Crippen LogP contribution >= 0.6 is 11.3 Å². The number of allylic oxidation sites excluding steroid dienone is 1. The van der Waals surface area contributed by atoms with E-state index in [1.165, 1.54) is 0 Å². The molecule has 0 saturated heterocycles. The Kier molecular flexibility index (Phi) is 12.8. The fourth-order valence-electron chi connectivity index (χ4n) is 4.38. The molecule has 0 aliphatic rings. The number of carbonyl (C=O) groups excluding carboxylic acids is 1. The highest BCUT2D eigenvalue weighted by Crippen LogP contribution is 2.35. The average Bonchev–Trinajstić information content (AvgIpc) is 3.37. The number of aliphatic hydroxyl groups excluding tert-OH is 1. The Morgan fingerprint density at radius 1 is 1.08 bits per heavy atom. The molecule has 0 fully saturated rings. The van der Waals surface area contributed by atoms with E-state index < -0.39 is 17.1 Å². The predicted octanol–water partition coefficient (Wildman–Crippen LogP) is 7.28. The molecule has 1 aromatic heterocycles. The summed E-state index contributed by atoms with van der Waals surface area (Å²) in [5, 5.41) is 20.1. The van der Waals surface area contributed by atoms with Crippen LogP contribution in [0.5, 0.6) is 0 Å². The number of nitrogens with one attached hydrogen (secondary N) is 2. The molecule has 3 atom stereocenters. The van der Waals surface area contributed by atoms with Gasteiger partial charge in [-0.2, -0.15) is 0 Å². The lowest BCUT2D eigenvalue weighted by molar-refractivity contribution is -0.118. The summed E-state index contributed by atoms with van der Waals surface area (Å²) in [5.41, 5.74) is 1.76. The van der Waals surface area contributed by atoms with Crippen molar-refractivity contribution in [2.45, 2.75) is 90.5 Å². The largest absolute Gasteiger partial charge is 0.511 e. The van der Waals surface area contributed by atoms with Gasteiger partial charge in [0.15, 0.2) is 11.1 Å². The summed E-state index contributed by atoms with van der Waals surface area (Å²) < 4.78 is 22.3. The van der Waals surface area contributed by atoms with Crippen LogP contribution in [0, 0.1) is 11.8 Å². The molecule has 4 N–H and O–H groups in total. The molecule has 8 heteroatoms. The zero-order valence-corrected chi connectivity index (χ0v) is 24.7. The lowest BCUT2D eigenvalue weighted by Gasteiger charge is -2.29. The van der Waals surface area contributed by atoms with E-state index in [4.69, 9.17) is 0 Å². The highest BCUT2D eigenvalue weighted by molar-refractivity contribution is 7.79. The van der Waals surface area contributed by atoms with Gasteiger partial charge in [-0.05, 0) is 60.2 Å². The first kappa shape index (κ1) is 31.1. The predicted molar refractivity (Wildman–Crippen MR) is 156 cm³/mol. The zero-order chi connectivity index (χ0) is 27.5. The summed E-state index contributed by atoms with van der Waals surface area (Å²) in [5.74, 6) is -0.197. The molecule has 206 valence electrons. The van der Waals surface area contributed by atoms with Crippen molar-refractivity contribution in [2.75, 3.05) is 11.9 Å². The number of thiophene rings is 1. The van der Waals surface area contributed by atoms with Gasteiger partial charge >= 0.3 is 0 Å². The van der Waals surface area contributed by atoms with Gasteiger partial charge in [-0.15, -0.1) is 11.3 Å². The Morgan fingerprint density at radius 2 is 1.81 bits per heavy atom. The molecule has 0 saturated carbocycles. The molecule has 2 rings (SSSR count). The Morgan fingerprint density at radius 3 is 2.35 bits per heavy atom. The highest BCUT2D eigenvalue weighted by Gasteiger charge is 2.32. The molecule has 2 aromatic rings. The third kappa shape index (κ3) is 8.97. The van der Waals surface area contributed by atoms with Gasteiger partial charge in [0.25, 0.3) is 5.91 Å². The Labute approximate surface area is 229 Å². The van der Waals surface area contributed by atoms with Gasteiger partial charge in [0, 0.05) is 11.4 Å². The SMILES string of the molecule is CCCc1ccc(NC(/C(C(=O)NCCC(C)C)=C(\O)C(CCC)c2cccs2)C(C)C)c(S(=O)O)c1. The van der Waals surface area contributed by atoms with Crippen molar-refractivity contribution in [1.29, 1.82) is 0 Å². The molecule has 1 amide bonds. The van der Waals surface area contributed by atoms with E-state index in [9.17, 15) is 18.7 Å². The molecule has 0 spiro atoms. The number of hydrogen-bond donors (Lipinski definition) is 4. The topological polar surface area (TPSA) is 98.7 Å². The fourth-order valence-corrected chi connectivity index (χ4v) is 5.81. The fraction of sp³-hybridized carbons (Fsp3) is 0.552. The first-order valence-electron chi connectivity index (χ1n) is 13.3. The molecule has 37 heavy (non-hydrogen) atoms. The number of hydrogen-bond acceptors (Lipinski definition) is 5. The maximum Gasteiger partial charge on any atom is 0.252 e. The van der Waals surface area contributed by atoms with Gasteiger partial charge in [0.05, 0.1) is 28.1 Å². The van der Waals surface area contributed by atoms with Crippen molar-refractivity contribution < 1.29 is 18.7 Å². The van der Waals surface area contributed by atoms with Crippen LogP contribution in [0.4, 0.5) is 5.69 Å². The number of anilines is 1. The maximum atomic E-state index is 13.7. The quantitative estimate of drug-likeness (QED) is 0.107. The lowest BCUT2D eigenvalue weighted by atomic mass is 9.88. The number of carbonyl (C=O) groups is 1. The van der Waals surface area contributed by atoms with Gasteiger partial charge in [-0.1, -0.05) is 66.5 Å². The summed E-state index contributed by atoms with van der Waals surface area (Å²) in [6.07, 6.45) is 4.12. The van der Waals surface area contributed by atoms with E-state index in [1.54, 1.807) is 23.5 Å². The maximum absolute atomic E-state index is 13.7. The summed E-state index contributed by atoms with van der Waals surface area (Å²) in [7, 11) is 0. The average molecular weight is 549 g/mol. The number of aliphatic hydroxyl groups is 1. The molecule has 3 unspecified atom stereocenters. The third-order valence-electron chi connectivity index (χ3n) is 6.38. The second-order valence-corrected chi connectivity index (χ2v) is 12.2. The number of rotatable bonds is 15. The molecule has 0 aliphatic heterocycles. The Bertz CT molecular complexity index is 1050. The van der Waals surface area contributed by atoms with E-state index in [2.05, 4.69) is 38.3 Å². The number of aryl methyl sites for hydroxylation is 1. The second-order valence-electron chi connectivity index (χ2n) is 10.3. The first-order chi connectivity index (χ1) is 17.6. The van der Waals surface area contributed by atoms with E-state index in [0.717, 1.165) is 36.1 Å². The van der Waals surface area contributed by atoms with Crippen molar-refractivity contribution >= 4 is 34.0 Å². The second kappa shape index (κ2) is 15.3. The lowest BCUT2D eigenvalue weighted by Crippen LogP contribution is -2.39. The third-order valence-corrected chi connectivity index (χ3v) is 8.08. The summed E-state index contributed by atoms with van der Waals surface area (Å²) in [6, 6.07) is 8.87. The minimum atomic E-state index is -2.20. The smallest absolute Gasteiger partial charge is 0.252 e. The molecule has 1 aromatic carbocycles. The standard InChI is InChI=1S/C29H44N2O4S2/c1-7-10-21-13-14-23(25(18-21)37(34)35)31-27(20(5)6)26(29(33)30-16-15-19(3)4)28(32)22(11-8-2)24-12-9-17-36-24/h9,12-14,17-20,22,27,31-32H,7-8,10-11,15-16H2,1-6H3,(H,30,33)(H,34,35)/b28-26+. The van der Waals surface area contributed by atoms with Gasteiger partial charge < -0.3 is 20.3 Å². The van der Waals surface area contributed by atoms with E-state index in [-0.39, 0.29) is 34.0 Å². The van der Waals surface area contributed by atoms with Gasteiger partial charge in [-0.3, -0.25) is 4.79 Å². The summed E-state index contributed by atoms with van der Waals surface area (Å²) in [4.78, 5) is 15.0. The molecule has 6 nitrogen and oxygen atoms in total.